The number of benzene rings is 2. The second-order valence-electron chi connectivity index (χ2n) is 8.21. The fourth-order valence-corrected chi connectivity index (χ4v) is 4.65. The molecule has 0 aliphatic carbocycles. The number of piperazine rings is 1. The van der Waals surface area contributed by atoms with E-state index in [1.807, 2.05) is 53.8 Å². The molecule has 2 amide bonds. The molecule has 1 fully saturated rings. The maximum Gasteiger partial charge on any atom is 0.253 e. The number of carbonyl (C=O) groups excluding carboxylic acids is 2. The largest absolute Gasteiger partial charge is 0.348 e. The highest BCUT2D eigenvalue weighted by molar-refractivity contribution is 7.09. The van der Waals surface area contributed by atoms with Gasteiger partial charge in [0.2, 0.25) is 5.91 Å². The van der Waals surface area contributed by atoms with Crippen molar-refractivity contribution in [2.75, 3.05) is 44.6 Å². The van der Waals surface area contributed by atoms with Gasteiger partial charge in [-0.15, -0.1) is 11.3 Å². The van der Waals surface area contributed by atoms with Crippen LogP contribution in [0.25, 0.3) is 0 Å². The van der Waals surface area contributed by atoms with Gasteiger partial charge in [-0.25, -0.2) is 0 Å². The number of nitrogens with zero attached hydrogens (tertiary/aromatic N) is 2. The number of nitrogens with one attached hydrogen (secondary N) is 2. The SMILES string of the molecule is O=C(CN1CCN(CCc2cccs2)CC1)Nc1ccccc1C(=O)NCc1ccccc1. The van der Waals surface area contributed by atoms with Crippen LogP contribution in [0.5, 0.6) is 0 Å². The summed E-state index contributed by atoms with van der Waals surface area (Å²) in [5, 5.41) is 7.99. The Balaban J connectivity index is 1.24. The van der Waals surface area contributed by atoms with Crippen molar-refractivity contribution in [3.8, 4) is 0 Å². The molecule has 1 aromatic heterocycles. The Morgan fingerprint density at radius 1 is 0.848 bits per heavy atom. The third-order valence-corrected chi connectivity index (χ3v) is 6.76. The van der Waals surface area contributed by atoms with Gasteiger partial charge in [0.1, 0.15) is 0 Å². The molecule has 4 rings (SSSR count). The van der Waals surface area contributed by atoms with E-state index in [2.05, 4.69) is 37.9 Å². The average molecular weight is 463 g/mol. The van der Waals surface area contributed by atoms with Gasteiger partial charge in [-0.2, -0.15) is 0 Å². The minimum atomic E-state index is -0.200. The van der Waals surface area contributed by atoms with Crippen LogP contribution in [-0.4, -0.2) is 60.9 Å². The van der Waals surface area contributed by atoms with Crippen LogP contribution in [0.1, 0.15) is 20.8 Å². The lowest BCUT2D eigenvalue weighted by Gasteiger charge is -2.34. The van der Waals surface area contributed by atoms with E-state index in [-0.39, 0.29) is 11.8 Å². The number of thiophene rings is 1. The second kappa shape index (κ2) is 11.7. The summed E-state index contributed by atoms with van der Waals surface area (Å²) in [7, 11) is 0. The number of hydrogen-bond donors (Lipinski definition) is 2. The normalized spacial score (nSPS) is 14.7. The summed E-state index contributed by atoms with van der Waals surface area (Å²) in [6.07, 6.45) is 1.08. The summed E-state index contributed by atoms with van der Waals surface area (Å²) >= 11 is 1.81. The molecule has 33 heavy (non-hydrogen) atoms. The molecule has 0 spiro atoms. The molecular weight excluding hydrogens is 432 g/mol. The van der Waals surface area contributed by atoms with E-state index in [0.29, 0.717) is 24.3 Å². The molecule has 2 aromatic carbocycles. The highest BCUT2D eigenvalue weighted by Crippen LogP contribution is 2.16. The Labute approximate surface area is 199 Å². The molecule has 0 atom stereocenters. The van der Waals surface area contributed by atoms with Crippen molar-refractivity contribution in [2.24, 2.45) is 0 Å². The molecule has 0 saturated carbocycles. The molecule has 0 unspecified atom stereocenters. The lowest BCUT2D eigenvalue weighted by molar-refractivity contribution is -0.117. The Morgan fingerprint density at radius 2 is 1.58 bits per heavy atom. The maximum absolute atomic E-state index is 12.7. The van der Waals surface area contributed by atoms with Crippen molar-refractivity contribution >= 4 is 28.8 Å². The molecule has 2 heterocycles. The second-order valence-corrected chi connectivity index (χ2v) is 9.24. The van der Waals surface area contributed by atoms with Crippen LogP contribution in [0.3, 0.4) is 0 Å². The van der Waals surface area contributed by atoms with E-state index in [0.717, 1.165) is 44.7 Å². The van der Waals surface area contributed by atoms with Crippen molar-refractivity contribution in [3.63, 3.8) is 0 Å². The van der Waals surface area contributed by atoms with Gasteiger partial charge in [-0.3, -0.25) is 14.5 Å². The minimum Gasteiger partial charge on any atom is -0.348 e. The van der Waals surface area contributed by atoms with Crippen molar-refractivity contribution in [1.82, 2.24) is 15.1 Å². The van der Waals surface area contributed by atoms with E-state index in [9.17, 15) is 9.59 Å². The van der Waals surface area contributed by atoms with Crippen molar-refractivity contribution in [2.45, 2.75) is 13.0 Å². The zero-order valence-electron chi connectivity index (χ0n) is 18.7. The maximum atomic E-state index is 12.7. The van der Waals surface area contributed by atoms with Crippen LogP contribution in [-0.2, 0) is 17.8 Å². The molecule has 1 saturated heterocycles. The molecule has 3 aromatic rings. The van der Waals surface area contributed by atoms with Crippen LogP contribution >= 0.6 is 11.3 Å². The molecule has 6 nitrogen and oxygen atoms in total. The predicted molar refractivity (Wildman–Crippen MR) is 134 cm³/mol. The number of rotatable bonds is 9. The average Bonchev–Trinajstić information content (AvgIpc) is 3.37. The van der Waals surface area contributed by atoms with E-state index in [1.54, 1.807) is 12.1 Å². The van der Waals surface area contributed by atoms with Gasteiger partial charge in [0.05, 0.1) is 17.8 Å². The van der Waals surface area contributed by atoms with Crippen molar-refractivity contribution < 1.29 is 9.59 Å². The number of hydrogen-bond acceptors (Lipinski definition) is 5. The summed E-state index contributed by atoms with van der Waals surface area (Å²) in [4.78, 5) is 31.5. The monoisotopic (exact) mass is 462 g/mol. The summed E-state index contributed by atoms with van der Waals surface area (Å²) < 4.78 is 0. The summed E-state index contributed by atoms with van der Waals surface area (Å²) in [6, 6.07) is 21.2. The quantitative estimate of drug-likeness (QED) is 0.511. The van der Waals surface area contributed by atoms with Gasteiger partial charge in [-0.1, -0.05) is 48.5 Å². The van der Waals surface area contributed by atoms with Gasteiger partial charge in [-0.05, 0) is 35.6 Å². The minimum absolute atomic E-state index is 0.0923. The van der Waals surface area contributed by atoms with Gasteiger partial charge in [0, 0.05) is 44.1 Å². The van der Waals surface area contributed by atoms with E-state index >= 15 is 0 Å². The molecule has 0 bridgehead atoms. The van der Waals surface area contributed by atoms with E-state index in [4.69, 9.17) is 0 Å². The third kappa shape index (κ3) is 6.99. The molecule has 1 aliphatic rings. The van der Waals surface area contributed by atoms with Gasteiger partial charge < -0.3 is 15.5 Å². The number of carbonyl (C=O) groups is 2. The van der Waals surface area contributed by atoms with Crippen LogP contribution in [0.2, 0.25) is 0 Å². The first-order valence-corrected chi connectivity index (χ1v) is 12.2. The number of anilines is 1. The molecule has 2 N–H and O–H groups in total. The first kappa shape index (κ1) is 23.2. The Hall–Kier alpha value is -3.00. The third-order valence-electron chi connectivity index (χ3n) is 5.83. The lowest BCUT2D eigenvalue weighted by Crippen LogP contribution is -2.49. The zero-order valence-corrected chi connectivity index (χ0v) is 19.5. The highest BCUT2D eigenvalue weighted by Gasteiger charge is 2.20. The van der Waals surface area contributed by atoms with Crippen LogP contribution in [0.4, 0.5) is 5.69 Å². The van der Waals surface area contributed by atoms with Crippen molar-refractivity contribution in [1.29, 1.82) is 0 Å². The summed E-state index contributed by atoms with van der Waals surface area (Å²) in [5.74, 6) is -0.292. The number of para-hydroxylation sites is 1. The van der Waals surface area contributed by atoms with Gasteiger partial charge >= 0.3 is 0 Å². The summed E-state index contributed by atoms with van der Waals surface area (Å²) in [6.45, 7) is 5.52. The molecular formula is C26H30N4O2S. The van der Waals surface area contributed by atoms with Crippen LogP contribution < -0.4 is 10.6 Å². The zero-order chi connectivity index (χ0) is 22.9. The Bertz CT molecular complexity index is 1030. The highest BCUT2D eigenvalue weighted by atomic mass is 32.1. The fourth-order valence-electron chi connectivity index (χ4n) is 3.95. The standard InChI is InChI=1S/C26H30N4O2S/c31-25(20-30-16-14-29(15-17-30)13-12-22-9-6-18-33-22)28-24-11-5-4-10-23(24)26(32)27-19-21-7-2-1-3-8-21/h1-11,18H,12-17,19-20H2,(H,27,32)(H,28,31). The van der Waals surface area contributed by atoms with Gasteiger partial charge in [0.25, 0.3) is 5.91 Å². The lowest BCUT2D eigenvalue weighted by atomic mass is 10.1. The summed E-state index contributed by atoms with van der Waals surface area (Å²) in [5.41, 5.74) is 2.05. The first-order chi connectivity index (χ1) is 16.2. The topological polar surface area (TPSA) is 64.7 Å². The first-order valence-electron chi connectivity index (χ1n) is 11.4. The van der Waals surface area contributed by atoms with E-state index < -0.39 is 0 Å². The Morgan fingerprint density at radius 3 is 2.33 bits per heavy atom. The Kier molecular flexibility index (Phi) is 8.24. The molecule has 172 valence electrons. The predicted octanol–water partition coefficient (Wildman–Crippen LogP) is 3.48. The van der Waals surface area contributed by atoms with Crippen LogP contribution in [0, 0.1) is 0 Å². The molecule has 7 heteroatoms. The van der Waals surface area contributed by atoms with E-state index in [1.165, 1.54) is 4.88 Å². The fraction of sp³-hybridized carbons (Fsp3) is 0.308. The molecule has 1 aliphatic heterocycles. The number of amides is 2. The van der Waals surface area contributed by atoms with Crippen molar-refractivity contribution in [3.05, 3.63) is 88.1 Å². The molecule has 0 radical (unpaired) electrons. The van der Waals surface area contributed by atoms with Crippen LogP contribution in [0.15, 0.2) is 72.1 Å². The van der Waals surface area contributed by atoms with Gasteiger partial charge in [0.15, 0.2) is 0 Å². The smallest absolute Gasteiger partial charge is 0.253 e.